The summed E-state index contributed by atoms with van der Waals surface area (Å²) in [7, 11) is 0. The number of Topliss-reactive ketones (excluding diaryl/α,β-unsaturated/α-hetero) is 1. The van der Waals surface area contributed by atoms with Gasteiger partial charge >= 0.3 is 0 Å². The zero-order valence-corrected chi connectivity index (χ0v) is 10.5. The Bertz CT molecular complexity index is 570. The number of carbonyl (C=O) groups excluding carboxylic acids is 1. The predicted octanol–water partition coefficient (Wildman–Crippen LogP) is 3.87. The third-order valence-corrected chi connectivity index (χ3v) is 2.96. The molecule has 0 aliphatic heterocycles. The van der Waals surface area contributed by atoms with E-state index in [0.29, 0.717) is 6.42 Å². The van der Waals surface area contributed by atoms with Gasteiger partial charge in [0.05, 0.1) is 0 Å². The van der Waals surface area contributed by atoms with Crippen LogP contribution in [0, 0.1) is 19.7 Å². The number of aryl methyl sites for hydroxylation is 2. The van der Waals surface area contributed by atoms with E-state index in [1.165, 1.54) is 12.1 Å². The van der Waals surface area contributed by atoms with Gasteiger partial charge in [0.1, 0.15) is 5.82 Å². The summed E-state index contributed by atoms with van der Waals surface area (Å²) in [5, 5.41) is 0. The Balaban J connectivity index is 2.19. The van der Waals surface area contributed by atoms with Crippen molar-refractivity contribution < 1.29 is 9.18 Å². The van der Waals surface area contributed by atoms with Gasteiger partial charge < -0.3 is 0 Å². The number of carbonyl (C=O) groups is 1. The summed E-state index contributed by atoms with van der Waals surface area (Å²) in [6.45, 7) is 3.94. The molecule has 0 heterocycles. The second-order valence-electron chi connectivity index (χ2n) is 4.54. The van der Waals surface area contributed by atoms with Crippen molar-refractivity contribution in [3.8, 4) is 0 Å². The van der Waals surface area contributed by atoms with Crippen molar-refractivity contribution in [3.63, 3.8) is 0 Å². The predicted molar refractivity (Wildman–Crippen MR) is 70.4 cm³/mol. The average molecular weight is 242 g/mol. The number of rotatable bonds is 3. The van der Waals surface area contributed by atoms with Crippen LogP contribution in [0.1, 0.15) is 27.0 Å². The minimum Gasteiger partial charge on any atom is -0.294 e. The first kappa shape index (κ1) is 12.5. The molecule has 0 spiro atoms. The molecule has 0 unspecified atom stereocenters. The maximum atomic E-state index is 12.8. The van der Waals surface area contributed by atoms with Crippen LogP contribution in [0.2, 0.25) is 0 Å². The lowest BCUT2D eigenvalue weighted by Crippen LogP contribution is -2.05. The van der Waals surface area contributed by atoms with Gasteiger partial charge in [0, 0.05) is 12.0 Å². The molecule has 0 amide bonds. The van der Waals surface area contributed by atoms with Crippen LogP contribution in [0.3, 0.4) is 0 Å². The van der Waals surface area contributed by atoms with E-state index in [0.717, 1.165) is 22.3 Å². The minimum atomic E-state index is -0.280. The van der Waals surface area contributed by atoms with Crippen molar-refractivity contribution in [3.05, 3.63) is 70.5 Å². The Morgan fingerprint density at radius 1 is 1.06 bits per heavy atom. The summed E-state index contributed by atoms with van der Waals surface area (Å²) < 4.78 is 12.8. The first-order chi connectivity index (χ1) is 8.56. The van der Waals surface area contributed by atoms with E-state index in [1.807, 2.05) is 32.0 Å². The van der Waals surface area contributed by atoms with Gasteiger partial charge in [0.15, 0.2) is 5.78 Å². The van der Waals surface area contributed by atoms with E-state index in [9.17, 15) is 9.18 Å². The van der Waals surface area contributed by atoms with Crippen molar-refractivity contribution in [2.45, 2.75) is 20.3 Å². The number of hydrogen-bond donors (Lipinski definition) is 0. The van der Waals surface area contributed by atoms with Gasteiger partial charge in [0.2, 0.25) is 0 Å². The van der Waals surface area contributed by atoms with E-state index in [2.05, 4.69) is 0 Å². The zero-order chi connectivity index (χ0) is 13.1. The van der Waals surface area contributed by atoms with Crippen LogP contribution >= 0.6 is 0 Å². The molecular weight excluding hydrogens is 227 g/mol. The Hall–Kier alpha value is -1.96. The average Bonchev–Trinajstić information content (AvgIpc) is 2.32. The number of hydrogen-bond acceptors (Lipinski definition) is 1. The van der Waals surface area contributed by atoms with E-state index in [4.69, 9.17) is 0 Å². The number of benzene rings is 2. The highest BCUT2D eigenvalue weighted by Gasteiger charge is 2.09. The minimum absolute atomic E-state index is 0.0686. The van der Waals surface area contributed by atoms with Crippen molar-refractivity contribution in [2.75, 3.05) is 0 Å². The molecular formula is C16H15FO. The van der Waals surface area contributed by atoms with Gasteiger partial charge in [-0.1, -0.05) is 35.9 Å². The number of ketones is 1. The van der Waals surface area contributed by atoms with Crippen LogP contribution < -0.4 is 0 Å². The Morgan fingerprint density at radius 2 is 1.72 bits per heavy atom. The first-order valence-corrected chi connectivity index (χ1v) is 5.91. The molecule has 2 aromatic carbocycles. The summed E-state index contributed by atoms with van der Waals surface area (Å²) in [5.74, 6) is -0.211. The molecule has 92 valence electrons. The monoisotopic (exact) mass is 242 g/mol. The van der Waals surface area contributed by atoms with Crippen molar-refractivity contribution in [1.82, 2.24) is 0 Å². The Morgan fingerprint density at radius 3 is 2.33 bits per heavy atom. The Labute approximate surface area is 106 Å². The number of halogens is 1. The lowest BCUT2D eigenvalue weighted by atomic mass is 9.98. The van der Waals surface area contributed by atoms with E-state index in [1.54, 1.807) is 12.1 Å². The highest BCUT2D eigenvalue weighted by atomic mass is 19.1. The molecule has 0 N–H and O–H groups in total. The normalized spacial score (nSPS) is 10.4. The molecule has 0 aliphatic carbocycles. The van der Waals surface area contributed by atoms with Crippen molar-refractivity contribution in [1.29, 1.82) is 0 Å². The standard InChI is InChI=1S/C16H15FO/c1-11-3-8-15(12(2)9-11)16(18)10-13-4-6-14(17)7-5-13/h3-9H,10H2,1-2H3. The Kier molecular flexibility index (Phi) is 3.56. The summed E-state index contributed by atoms with van der Waals surface area (Å²) in [4.78, 5) is 12.1. The molecule has 18 heavy (non-hydrogen) atoms. The lowest BCUT2D eigenvalue weighted by molar-refractivity contribution is 0.0992. The van der Waals surface area contributed by atoms with Crippen molar-refractivity contribution in [2.24, 2.45) is 0 Å². The van der Waals surface area contributed by atoms with Gasteiger partial charge in [-0.3, -0.25) is 4.79 Å². The molecule has 0 atom stereocenters. The smallest absolute Gasteiger partial charge is 0.167 e. The molecule has 0 bridgehead atoms. The van der Waals surface area contributed by atoms with Crippen LogP contribution in [0.4, 0.5) is 4.39 Å². The van der Waals surface area contributed by atoms with Crippen LogP contribution in [-0.4, -0.2) is 5.78 Å². The molecule has 1 nitrogen and oxygen atoms in total. The molecule has 2 rings (SSSR count). The fraction of sp³-hybridized carbons (Fsp3) is 0.188. The van der Waals surface area contributed by atoms with Crippen LogP contribution in [0.25, 0.3) is 0 Å². The third-order valence-electron chi connectivity index (χ3n) is 2.96. The molecule has 0 radical (unpaired) electrons. The lowest BCUT2D eigenvalue weighted by Gasteiger charge is -2.06. The topological polar surface area (TPSA) is 17.1 Å². The highest BCUT2D eigenvalue weighted by Crippen LogP contribution is 2.14. The second-order valence-corrected chi connectivity index (χ2v) is 4.54. The first-order valence-electron chi connectivity index (χ1n) is 5.91. The van der Waals surface area contributed by atoms with Gasteiger partial charge in [0.25, 0.3) is 0 Å². The van der Waals surface area contributed by atoms with E-state index < -0.39 is 0 Å². The fourth-order valence-electron chi connectivity index (χ4n) is 2.01. The molecule has 0 saturated carbocycles. The maximum absolute atomic E-state index is 12.8. The van der Waals surface area contributed by atoms with Crippen LogP contribution in [0.15, 0.2) is 42.5 Å². The van der Waals surface area contributed by atoms with Crippen molar-refractivity contribution >= 4 is 5.78 Å². The zero-order valence-electron chi connectivity index (χ0n) is 10.5. The summed E-state index contributed by atoms with van der Waals surface area (Å²) in [6, 6.07) is 11.8. The maximum Gasteiger partial charge on any atom is 0.167 e. The fourth-order valence-corrected chi connectivity index (χ4v) is 2.01. The summed E-state index contributed by atoms with van der Waals surface area (Å²) >= 11 is 0. The van der Waals surface area contributed by atoms with Crippen LogP contribution in [0.5, 0.6) is 0 Å². The van der Waals surface area contributed by atoms with Gasteiger partial charge in [-0.25, -0.2) is 4.39 Å². The van der Waals surface area contributed by atoms with E-state index in [-0.39, 0.29) is 11.6 Å². The SMILES string of the molecule is Cc1ccc(C(=O)Cc2ccc(F)cc2)c(C)c1. The molecule has 2 heteroatoms. The quantitative estimate of drug-likeness (QED) is 0.747. The largest absolute Gasteiger partial charge is 0.294 e. The van der Waals surface area contributed by atoms with E-state index >= 15 is 0 Å². The highest BCUT2D eigenvalue weighted by molar-refractivity contribution is 5.98. The third kappa shape index (κ3) is 2.83. The molecule has 0 fully saturated rings. The van der Waals surface area contributed by atoms with Gasteiger partial charge in [-0.15, -0.1) is 0 Å². The van der Waals surface area contributed by atoms with Crippen LogP contribution in [-0.2, 0) is 6.42 Å². The second kappa shape index (κ2) is 5.13. The molecule has 0 aliphatic rings. The summed E-state index contributed by atoms with van der Waals surface area (Å²) in [5.41, 5.74) is 3.71. The molecule has 0 aromatic heterocycles. The summed E-state index contributed by atoms with van der Waals surface area (Å²) in [6.07, 6.45) is 0.310. The van der Waals surface area contributed by atoms with Gasteiger partial charge in [-0.2, -0.15) is 0 Å². The van der Waals surface area contributed by atoms with Gasteiger partial charge in [-0.05, 0) is 37.1 Å². The molecule has 2 aromatic rings. The molecule has 0 saturated heterocycles.